The fourth-order valence-electron chi connectivity index (χ4n) is 1.56. The van der Waals surface area contributed by atoms with Crippen LogP contribution in [0.5, 0.6) is 5.75 Å². The van der Waals surface area contributed by atoms with Gasteiger partial charge in [0.15, 0.2) is 0 Å². The molecule has 0 saturated carbocycles. The molecule has 0 aliphatic rings. The molecule has 1 heterocycles. The maximum absolute atomic E-state index is 10.8. The molecular formula is C13H11ClN2O3. The number of rotatable bonds is 4. The number of hydrogen-bond acceptors (Lipinski definition) is 4. The van der Waals surface area contributed by atoms with Gasteiger partial charge in [0.2, 0.25) is 0 Å². The second kappa shape index (κ2) is 5.58. The number of anilines is 2. The lowest BCUT2D eigenvalue weighted by atomic mass is 10.2. The standard InChI is InChI=1S/C13H11ClN2O3/c1-19-12-3-2-8(14)6-10(12)16-9-4-5-15-11(7-9)13(17)18/h2-7H,1H3,(H,15,16)(H,17,18). The highest BCUT2D eigenvalue weighted by Gasteiger charge is 2.08. The Kier molecular flexibility index (Phi) is 3.87. The summed E-state index contributed by atoms with van der Waals surface area (Å²) in [7, 11) is 1.55. The van der Waals surface area contributed by atoms with Crippen molar-refractivity contribution in [2.45, 2.75) is 0 Å². The first-order valence-corrected chi connectivity index (χ1v) is 5.78. The van der Waals surface area contributed by atoms with E-state index in [1.807, 2.05) is 0 Å². The fourth-order valence-corrected chi connectivity index (χ4v) is 1.73. The molecule has 2 aromatic rings. The Balaban J connectivity index is 2.33. The summed E-state index contributed by atoms with van der Waals surface area (Å²) in [6.07, 6.45) is 1.42. The van der Waals surface area contributed by atoms with Crippen LogP contribution in [0.2, 0.25) is 5.02 Å². The molecule has 5 nitrogen and oxygen atoms in total. The third-order valence-electron chi connectivity index (χ3n) is 2.42. The summed E-state index contributed by atoms with van der Waals surface area (Å²) in [5, 5.41) is 12.5. The van der Waals surface area contributed by atoms with Gasteiger partial charge in [0, 0.05) is 16.9 Å². The van der Waals surface area contributed by atoms with Crippen LogP contribution < -0.4 is 10.1 Å². The van der Waals surface area contributed by atoms with Crippen LogP contribution in [0, 0.1) is 0 Å². The van der Waals surface area contributed by atoms with Crippen LogP contribution in [-0.2, 0) is 0 Å². The van der Waals surface area contributed by atoms with Crippen molar-refractivity contribution in [2.24, 2.45) is 0 Å². The number of ether oxygens (including phenoxy) is 1. The topological polar surface area (TPSA) is 71.5 Å². The lowest BCUT2D eigenvalue weighted by Crippen LogP contribution is -2.01. The molecule has 0 atom stereocenters. The predicted molar refractivity (Wildman–Crippen MR) is 72.5 cm³/mol. The summed E-state index contributed by atoms with van der Waals surface area (Å²) in [5.41, 5.74) is 1.21. The summed E-state index contributed by atoms with van der Waals surface area (Å²) < 4.78 is 5.20. The lowest BCUT2D eigenvalue weighted by molar-refractivity contribution is 0.0690. The molecule has 0 saturated heterocycles. The van der Waals surface area contributed by atoms with Gasteiger partial charge in [-0.05, 0) is 30.3 Å². The molecule has 0 amide bonds. The largest absolute Gasteiger partial charge is 0.495 e. The van der Waals surface area contributed by atoms with E-state index >= 15 is 0 Å². The first kappa shape index (κ1) is 13.2. The normalized spacial score (nSPS) is 10.0. The van der Waals surface area contributed by atoms with Crippen LogP contribution in [0.1, 0.15) is 10.5 Å². The van der Waals surface area contributed by atoms with Crippen molar-refractivity contribution in [2.75, 3.05) is 12.4 Å². The zero-order valence-electron chi connectivity index (χ0n) is 10.1. The number of aromatic nitrogens is 1. The van der Waals surface area contributed by atoms with Crippen molar-refractivity contribution >= 4 is 28.9 Å². The summed E-state index contributed by atoms with van der Waals surface area (Å²) in [6.45, 7) is 0. The minimum absolute atomic E-state index is 0.0361. The number of carboxylic acid groups (broad SMARTS) is 1. The Labute approximate surface area is 114 Å². The van der Waals surface area contributed by atoms with E-state index in [-0.39, 0.29) is 5.69 Å². The van der Waals surface area contributed by atoms with Gasteiger partial charge in [-0.3, -0.25) is 0 Å². The van der Waals surface area contributed by atoms with E-state index in [4.69, 9.17) is 21.4 Å². The van der Waals surface area contributed by atoms with Crippen LogP contribution in [0.15, 0.2) is 36.5 Å². The van der Waals surface area contributed by atoms with Crippen molar-refractivity contribution in [3.05, 3.63) is 47.2 Å². The molecule has 0 fully saturated rings. The van der Waals surface area contributed by atoms with Gasteiger partial charge in [0.1, 0.15) is 11.4 Å². The molecular weight excluding hydrogens is 268 g/mol. The van der Waals surface area contributed by atoms with Gasteiger partial charge >= 0.3 is 5.97 Å². The molecule has 0 aliphatic carbocycles. The van der Waals surface area contributed by atoms with Gasteiger partial charge < -0.3 is 15.2 Å². The molecule has 0 aliphatic heterocycles. The van der Waals surface area contributed by atoms with E-state index in [1.54, 1.807) is 31.4 Å². The van der Waals surface area contributed by atoms with E-state index in [9.17, 15) is 4.79 Å². The second-order valence-electron chi connectivity index (χ2n) is 3.70. The minimum Gasteiger partial charge on any atom is -0.495 e. The fraction of sp³-hybridized carbons (Fsp3) is 0.0769. The summed E-state index contributed by atoms with van der Waals surface area (Å²) >= 11 is 5.92. The lowest BCUT2D eigenvalue weighted by Gasteiger charge is -2.11. The van der Waals surface area contributed by atoms with Gasteiger partial charge in [-0.15, -0.1) is 0 Å². The molecule has 1 aromatic heterocycles. The van der Waals surface area contributed by atoms with Crippen LogP contribution >= 0.6 is 11.6 Å². The van der Waals surface area contributed by atoms with Gasteiger partial charge in [0.05, 0.1) is 12.8 Å². The summed E-state index contributed by atoms with van der Waals surface area (Å²) in [5.74, 6) is -0.472. The Hall–Kier alpha value is -2.27. The molecule has 6 heteroatoms. The molecule has 0 radical (unpaired) electrons. The smallest absolute Gasteiger partial charge is 0.354 e. The zero-order chi connectivity index (χ0) is 13.8. The van der Waals surface area contributed by atoms with Crippen LogP contribution in [0.25, 0.3) is 0 Å². The van der Waals surface area contributed by atoms with Gasteiger partial charge in [-0.2, -0.15) is 0 Å². The number of nitrogens with one attached hydrogen (secondary N) is 1. The number of benzene rings is 1. The summed E-state index contributed by atoms with van der Waals surface area (Å²) in [4.78, 5) is 14.6. The number of carboxylic acids is 1. The molecule has 0 spiro atoms. The molecule has 19 heavy (non-hydrogen) atoms. The second-order valence-corrected chi connectivity index (χ2v) is 4.14. The SMILES string of the molecule is COc1ccc(Cl)cc1Nc1ccnc(C(=O)O)c1. The molecule has 0 unspecified atom stereocenters. The van der Waals surface area contributed by atoms with Crippen LogP contribution in [0.4, 0.5) is 11.4 Å². The van der Waals surface area contributed by atoms with E-state index in [0.29, 0.717) is 22.1 Å². The van der Waals surface area contributed by atoms with Gasteiger partial charge in [-0.1, -0.05) is 11.6 Å². The highest BCUT2D eigenvalue weighted by molar-refractivity contribution is 6.31. The van der Waals surface area contributed by atoms with Crippen molar-refractivity contribution in [3.8, 4) is 5.75 Å². The number of pyridine rings is 1. The third-order valence-corrected chi connectivity index (χ3v) is 2.65. The van der Waals surface area contributed by atoms with Gasteiger partial charge in [-0.25, -0.2) is 9.78 Å². The number of methoxy groups -OCH3 is 1. The first-order chi connectivity index (χ1) is 9.10. The average molecular weight is 279 g/mol. The van der Waals surface area contributed by atoms with Crippen LogP contribution in [0.3, 0.4) is 0 Å². The van der Waals surface area contributed by atoms with E-state index < -0.39 is 5.97 Å². The third kappa shape index (κ3) is 3.14. The van der Waals surface area contributed by atoms with E-state index in [1.165, 1.54) is 12.3 Å². The summed E-state index contributed by atoms with van der Waals surface area (Å²) in [6, 6.07) is 8.22. The number of hydrogen-bond donors (Lipinski definition) is 2. The quantitative estimate of drug-likeness (QED) is 0.899. The Morgan fingerprint density at radius 2 is 2.16 bits per heavy atom. The van der Waals surface area contributed by atoms with Crippen molar-refractivity contribution in [1.29, 1.82) is 0 Å². The highest BCUT2D eigenvalue weighted by atomic mass is 35.5. The van der Waals surface area contributed by atoms with E-state index in [0.717, 1.165) is 0 Å². The number of aromatic carboxylic acids is 1. The van der Waals surface area contributed by atoms with Gasteiger partial charge in [0.25, 0.3) is 0 Å². The molecule has 1 aromatic carbocycles. The number of halogens is 1. The minimum atomic E-state index is -1.08. The molecule has 0 bridgehead atoms. The maximum atomic E-state index is 10.8. The number of nitrogens with zero attached hydrogens (tertiary/aromatic N) is 1. The maximum Gasteiger partial charge on any atom is 0.354 e. The number of carbonyl (C=O) groups is 1. The average Bonchev–Trinajstić information content (AvgIpc) is 2.39. The Bertz CT molecular complexity index is 617. The van der Waals surface area contributed by atoms with Crippen molar-refractivity contribution in [3.63, 3.8) is 0 Å². The Morgan fingerprint density at radius 3 is 2.84 bits per heavy atom. The van der Waals surface area contributed by atoms with Crippen molar-refractivity contribution in [1.82, 2.24) is 4.98 Å². The molecule has 2 N–H and O–H groups in total. The highest BCUT2D eigenvalue weighted by Crippen LogP contribution is 2.30. The molecule has 2 rings (SSSR count). The Morgan fingerprint density at radius 1 is 1.37 bits per heavy atom. The zero-order valence-corrected chi connectivity index (χ0v) is 10.8. The monoisotopic (exact) mass is 278 g/mol. The predicted octanol–water partition coefficient (Wildman–Crippen LogP) is 3.19. The van der Waals surface area contributed by atoms with Crippen molar-refractivity contribution < 1.29 is 14.6 Å². The first-order valence-electron chi connectivity index (χ1n) is 5.40. The molecule has 98 valence electrons. The van der Waals surface area contributed by atoms with Crippen LogP contribution in [-0.4, -0.2) is 23.2 Å². The van der Waals surface area contributed by atoms with E-state index in [2.05, 4.69) is 10.3 Å².